The van der Waals surface area contributed by atoms with E-state index in [1.165, 1.54) is 0 Å². The van der Waals surface area contributed by atoms with Gasteiger partial charge in [0.1, 0.15) is 5.76 Å². The molecule has 108 valence electrons. The summed E-state index contributed by atoms with van der Waals surface area (Å²) < 4.78 is 5.71. The second-order valence-electron chi connectivity index (χ2n) is 5.77. The number of Topliss-reactive ketones (excluding diaryl/α,β-unsaturated/α-hetero) is 1. The Morgan fingerprint density at radius 3 is 2.90 bits per heavy atom. The van der Waals surface area contributed by atoms with Gasteiger partial charge in [0.05, 0.1) is 5.56 Å². The molecule has 2 heterocycles. The average molecular weight is 276 g/mol. The van der Waals surface area contributed by atoms with Gasteiger partial charge >= 0.3 is 0 Å². The van der Waals surface area contributed by atoms with Crippen molar-refractivity contribution in [2.45, 2.75) is 32.6 Å². The molecule has 1 aromatic heterocycles. The molecule has 0 bridgehead atoms. The Morgan fingerprint density at radius 1 is 1.45 bits per heavy atom. The molecule has 1 saturated heterocycles. The number of nitrogens with zero attached hydrogens (tertiary/aromatic N) is 1. The van der Waals surface area contributed by atoms with E-state index in [-0.39, 0.29) is 11.7 Å². The third-order valence-electron chi connectivity index (χ3n) is 4.41. The lowest BCUT2D eigenvalue weighted by atomic mass is 9.94. The molecule has 0 spiro atoms. The van der Waals surface area contributed by atoms with Gasteiger partial charge in [-0.05, 0) is 32.2 Å². The van der Waals surface area contributed by atoms with E-state index in [0.29, 0.717) is 48.1 Å². The Kier molecular flexibility index (Phi) is 3.38. The van der Waals surface area contributed by atoms with Crippen LogP contribution in [0.5, 0.6) is 0 Å². The third-order valence-corrected chi connectivity index (χ3v) is 4.41. The minimum absolute atomic E-state index is 0.0966. The van der Waals surface area contributed by atoms with E-state index < -0.39 is 0 Å². The van der Waals surface area contributed by atoms with E-state index in [4.69, 9.17) is 10.2 Å². The van der Waals surface area contributed by atoms with Gasteiger partial charge in [0.2, 0.25) is 0 Å². The van der Waals surface area contributed by atoms with Crippen LogP contribution >= 0.6 is 0 Å². The molecule has 1 fully saturated rings. The van der Waals surface area contributed by atoms with Crippen LogP contribution in [0, 0.1) is 12.8 Å². The van der Waals surface area contributed by atoms with Gasteiger partial charge in [0.25, 0.3) is 5.91 Å². The minimum atomic E-state index is -0.0966. The van der Waals surface area contributed by atoms with Gasteiger partial charge in [-0.1, -0.05) is 0 Å². The monoisotopic (exact) mass is 276 g/mol. The molecule has 5 heteroatoms. The van der Waals surface area contributed by atoms with Crippen molar-refractivity contribution in [3.8, 4) is 0 Å². The number of nitrogens with two attached hydrogens (primary N) is 1. The van der Waals surface area contributed by atoms with E-state index in [9.17, 15) is 9.59 Å². The fourth-order valence-electron chi connectivity index (χ4n) is 3.21. The van der Waals surface area contributed by atoms with Crippen LogP contribution in [0.3, 0.4) is 0 Å². The molecule has 1 amide bonds. The Bertz CT molecular complexity index is 562. The van der Waals surface area contributed by atoms with Gasteiger partial charge in [0, 0.05) is 31.5 Å². The molecule has 1 aliphatic heterocycles. The first-order valence-electron chi connectivity index (χ1n) is 7.26. The van der Waals surface area contributed by atoms with Gasteiger partial charge < -0.3 is 15.1 Å². The van der Waals surface area contributed by atoms with Crippen molar-refractivity contribution >= 4 is 11.7 Å². The maximum atomic E-state index is 12.5. The van der Waals surface area contributed by atoms with Crippen molar-refractivity contribution in [2.75, 3.05) is 19.6 Å². The molecule has 2 aliphatic rings. The summed E-state index contributed by atoms with van der Waals surface area (Å²) in [7, 11) is 0. The lowest BCUT2D eigenvalue weighted by Crippen LogP contribution is -2.30. The number of aryl methyl sites for hydroxylation is 1. The van der Waals surface area contributed by atoms with Crippen molar-refractivity contribution in [1.82, 2.24) is 4.90 Å². The van der Waals surface area contributed by atoms with Crippen LogP contribution in [0.2, 0.25) is 0 Å². The van der Waals surface area contributed by atoms with E-state index in [1.54, 1.807) is 4.90 Å². The first kappa shape index (κ1) is 13.4. The maximum Gasteiger partial charge on any atom is 0.289 e. The third kappa shape index (κ3) is 2.06. The summed E-state index contributed by atoms with van der Waals surface area (Å²) in [5, 5.41) is 0. The van der Waals surface area contributed by atoms with Crippen LogP contribution in [0.4, 0.5) is 0 Å². The number of hydrogen-bond donors (Lipinski definition) is 1. The normalized spacial score (nSPS) is 22.2. The number of furan rings is 1. The van der Waals surface area contributed by atoms with Gasteiger partial charge in [-0.15, -0.1) is 0 Å². The zero-order chi connectivity index (χ0) is 14.3. The summed E-state index contributed by atoms with van der Waals surface area (Å²) in [5.41, 5.74) is 7.02. The smallest absolute Gasteiger partial charge is 0.289 e. The first-order chi connectivity index (χ1) is 9.61. The highest BCUT2D eigenvalue weighted by Gasteiger charge is 2.33. The van der Waals surface area contributed by atoms with Gasteiger partial charge in [0.15, 0.2) is 11.5 Å². The molecule has 20 heavy (non-hydrogen) atoms. The number of amides is 1. The highest BCUT2D eigenvalue weighted by Crippen LogP contribution is 2.30. The van der Waals surface area contributed by atoms with E-state index in [1.807, 2.05) is 6.92 Å². The van der Waals surface area contributed by atoms with Crippen molar-refractivity contribution < 1.29 is 14.0 Å². The predicted molar refractivity (Wildman–Crippen MR) is 73.8 cm³/mol. The lowest BCUT2D eigenvalue weighted by molar-refractivity contribution is 0.0752. The Labute approximate surface area is 118 Å². The highest BCUT2D eigenvalue weighted by atomic mass is 16.4. The number of fused-ring (bicyclic) bond motifs is 1. The molecule has 5 nitrogen and oxygen atoms in total. The quantitative estimate of drug-likeness (QED) is 0.888. The van der Waals surface area contributed by atoms with Crippen LogP contribution in [-0.4, -0.2) is 36.2 Å². The summed E-state index contributed by atoms with van der Waals surface area (Å²) in [6.07, 6.45) is 3.06. The van der Waals surface area contributed by atoms with Crippen LogP contribution in [-0.2, 0) is 6.42 Å². The number of carbonyl (C=O) groups excluding carboxylic acids is 2. The largest absolute Gasteiger partial charge is 0.455 e. The summed E-state index contributed by atoms with van der Waals surface area (Å²) >= 11 is 0. The van der Waals surface area contributed by atoms with Crippen LogP contribution in [0.1, 0.15) is 51.5 Å². The van der Waals surface area contributed by atoms with Crippen LogP contribution < -0.4 is 5.73 Å². The number of hydrogen-bond acceptors (Lipinski definition) is 4. The standard InChI is InChI=1S/C15H20N2O3/c1-9-13-11(18)3-2-4-12(13)20-14(9)15(19)17-6-5-10(7-16)8-17/h10H,2-8,16H2,1H3. The van der Waals surface area contributed by atoms with Crippen molar-refractivity contribution in [1.29, 1.82) is 0 Å². The number of ketones is 1. The number of likely N-dealkylation sites (tertiary alicyclic amines) is 1. The molecule has 0 aromatic carbocycles. The Morgan fingerprint density at radius 2 is 2.25 bits per heavy atom. The van der Waals surface area contributed by atoms with Gasteiger partial charge in [-0.2, -0.15) is 0 Å². The minimum Gasteiger partial charge on any atom is -0.455 e. The van der Waals surface area contributed by atoms with Gasteiger partial charge in [-0.25, -0.2) is 0 Å². The molecule has 2 N–H and O–H groups in total. The van der Waals surface area contributed by atoms with E-state index in [2.05, 4.69) is 0 Å². The number of rotatable bonds is 2. The molecule has 1 aromatic rings. The molecular formula is C15H20N2O3. The first-order valence-corrected chi connectivity index (χ1v) is 7.26. The molecule has 0 radical (unpaired) electrons. The van der Waals surface area contributed by atoms with Crippen LogP contribution in [0.25, 0.3) is 0 Å². The zero-order valence-corrected chi connectivity index (χ0v) is 11.8. The van der Waals surface area contributed by atoms with Crippen molar-refractivity contribution in [2.24, 2.45) is 11.7 Å². The molecule has 1 atom stereocenters. The molecule has 0 saturated carbocycles. The summed E-state index contributed by atoms with van der Waals surface area (Å²) in [6.45, 7) is 3.83. The summed E-state index contributed by atoms with van der Waals surface area (Å²) in [5.74, 6) is 1.43. The van der Waals surface area contributed by atoms with E-state index in [0.717, 1.165) is 25.8 Å². The van der Waals surface area contributed by atoms with Crippen molar-refractivity contribution in [3.05, 3.63) is 22.6 Å². The highest BCUT2D eigenvalue weighted by molar-refractivity contribution is 6.03. The summed E-state index contributed by atoms with van der Waals surface area (Å²) in [4.78, 5) is 26.3. The van der Waals surface area contributed by atoms with Crippen LogP contribution in [0.15, 0.2) is 4.42 Å². The average Bonchev–Trinajstić information content (AvgIpc) is 3.04. The number of carbonyl (C=O) groups is 2. The van der Waals surface area contributed by atoms with E-state index >= 15 is 0 Å². The molecular weight excluding hydrogens is 256 g/mol. The predicted octanol–water partition coefficient (Wildman–Crippen LogP) is 1.53. The fraction of sp³-hybridized carbons (Fsp3) is 0.600. The molecule has 1 unspecified atom stereocenters. The maximum absolute atomic E-state index is 12.5. The van der Waals surface area contributed by atoms with Crippen molar-refractivity contribution in [3.63, 3.8) is 0 Å². The topological polar surface area (TPSA) is 76.5 Å². The summed E-state index contributed by atoms with van der Waals surface area (Å²) in [6, 6.07) is 0. The second-order valence-corrected chi connectivity index (χ2v) is 5.77. The second kappa shape index (κ2) is 5.05. The lowest BCUT2D eigenvalue weighted by Gasteiger charge is -2.15. The molecule has 1 aliphatic carbocycles. The Hall–Kier alpha value is -1.62. The molecule has 3 rings (SSSR count). The fourth-order valence-corrected chi connectivity index (χ4v) is 3.21. The Balaban J connectivity index is 1.88. The SMILES string of the molecule is Cc1c(C(=O)N2CCC(CN)C2)oc2c1C(=O)CCC2. The zero-order valence-electron chi connectivity index (χ0n) is 11.8. The van der Waals surface area contributed by atoms with Gasteiger partial charge in [-0.3, -0.25) is 9.59 Å².